The smallest absolute Gasteiger partial charge is 0.328 e. The van der Waals surface area contributed by atoms with E-state index in [0.717, 1.165) is 12.8 Å². The topological polar surface area (TPSA) is 55.8 Å². The quantitative estimate of drug-likeness (QED) is 0.532. The van der Waals surface area contributed by atoms with Crippen molar-refractivity contribution in [1.29, 1.82) is 0 Å². The van der Waals surface area contributed by atoms with Gasteiger partial charge in [0.05, 0.1) is 19.6 Å². The molecule has 0 saturated carbocycles. The first kappa shape index (κ1) is 15.0. The van der Waals surface area contributed by atoms with Gasteiger partial charge in [-0.25, -0.2) is 4.79 Å². The van der Waals surface area contributed by atoms with Gasteiger partial charge in [0.2, 0.25) is 5.91 Å². The van der Waals surface area contributed by atoms with Crippen molar-refractivity contribution in [3.05, 3.63) is 0 Å². The molecule has 5 nitrogen and oxygen atoms in total. The maximum absolute atomic E-state index is 12.0. The standard InChI is InChI=1S/C13H23NO4/c1-3-17-10-8-12(15)14-9-6-5-7-11(14)13(16)18-4-2/h11H,3-10H2,1-2H3. The maximum atomic E-state index is 12.0. The van der Waals surface area contributed by atoms with E-state index < -0.39 is 6.04 Å². The summed E-state index contributed by atoms with van der Waals surface area (Å²) in [5.41, 5.74) is 0. The summed E-state index contributed by atoms with van der Waals surface area (Å²) >= 11 is 0. The van der Waals surface area contributed by atoms with Crippen LogP contribution in [-0.4, -0.2) is 49.2 Å². The fourth-order valence-corrected chi connectivity index (χ4v) is 2.16. The van der Waals surface area contributed by atoms with Gasteiger partial charge in [0.1, 0.15) is 6.04 Å². The monoisotopic (exact) mass is 257 g/mol. The summed E-state index contributed by atoms with van der Waals surface area (Å²) in [7, 11) is 0. The second kappa shape index (κ2) is 8.08. The van der Waals surface area contributed by atoms with E-state index in [1.54, 1.807) is 11.8 Å². The molecule has 5 heteroatoms. The van der Waals surface area contributed by atoms with Crippen LogP contribution in [0.5, 0.6) is 0 Å². The average molecular weight is 257 g/mol. The molecule has 1 aliphatic rings. The highest BCUT2D eigenvalue weighted by molar-refractivity contribution is 5.84. The molecule has 1 fully saturated rings. The van der Waals surface area contributed by atoms with Crippen molar-refractivity contribution in [3.63, 3.8) is 0 Å². The highest BCUT2D eigenvalue weighted by Crippen LogP contribution is 2.19. The van der Waals surface area contributed by atoms with Gasteiger partial charge in [-0.1, -0.05) is 0 Å². The van der Waals surface area contributed by atoms with Gasteiger partial charge in [-0.2, -0.15) is 0 Å². The van der Waals surface area contributed by atoms with E-state index in [1.807, 2.05) is 6.92 Å². The van der Waals surface area contributed by atoms with Gasteiger partial charge >= 0.3 is 5.97 Å². The molecule has 0 spiro atoms. The number of hydrogen-bond donors (Lipinski definition) is 0. The Morgan fingerprint density at radius 1 is 1.22 bits per heavy atom. The number of piperidine rings is 1. The lowest BCUT2D eigenvalue weighted by atomic mass is 10.0. The largest absolute Gasteiger partial charge is 0.464 e. The van der Waals surface area contributed by atoms with E-state index in [1.165, 1.54) is 0 Å². The van der Waals surface area contributed by atoms with Crippen LogP contribution < -0.4 is 0 Å². The van der Waals surface area contributed by atoms with Gasteiger partial charge in [0.15, 0.2) is 0 Å². The van der Waals surface area contributed by atoms with Gasteiger partial charge in [-0.05, 0) is 33.1 Å². The lowest BCUT2D eigenvalue weighted by molar-refractivity contribution is -0.157. The SMILES string of the molecule is CCOCCC(=O)N1CCCCC1C(=O)OCC. The maximum Gasteiger partial charge on any atom is 0.328 e. The van der Waals surface area contributed by atoms with Gasteiger partial charge in [-0.3, -0.25) is 4.79 Å². The first-order chi connectivity index (χ1) is 8.70. The van der Waals surface area contributed by atoms with Gasteiger partial charge in [0, 0.05) is 13.2 Å². The van der Waals surface area contributed by atoms with Crippen LogP contribution in [0.15, 0.2) is 0 Å². The zero-order valence-corrected chi connectivity index (χ0v) is 11.3. The number of esters is 1. The normalized spacial score (nSPS) is 19.7. The van der Waals surface area contributed by atoms with Crippen LogP contribution in [-0.2, 0) is 19.1 Å². The molecule has 1 saturated heterocycles. The molecule has 1 amide bonds. The zero-order chi connectivity index (χ0) is 13.4. The van der Waals surface area contributed by atoms with Crippen LogP contribution in [0.3, 0.4) is 0 Å². The van der Waals surface area contributed by atoms with Crippen molar-refractivity contribution >= 4 is 11.9 Å². The summed E-state index contributed by atoms with van der Waals surface area (Å²) in [6, 6.07) is -0.396. The van der Waals surface area contributed by atoms with E-state index in [0.29, 0.717) is 39.2 Å². The minimum absolute atomic E-state index is 0.0128. The van der Waals surface area contributed by atoms with E-state index in [-0.39, 0.29) is 11.9 Å². The Morgan fingerprint density at radius 2 is 2.00 bits per heavy atom. The summed E-state index contributed by atoms with van der Waals surface area (Å²) in [5, 5.41) is 0. The molecule has 0 N–H and O–H groups in total. The van der Waals surface area contributed by atoms with Crippen LogP contribution in [0.4, 0.5) is 0 Å². The molecule has 1 rings (SSSR count). The van der Waals surface area contributed by atoms with Crippen molar-refractivity contribution in [2.75, 3.05) is 26.4 Å². The van der Waals surface area contributed by atoms with Crippen molar-refractivity contribution in [2.24, 2.45) is 0 Å². The van der Waals surface area contributed by atoms with Crippen molar-refractivity contribution < 1.29 is 19.1 Å². The third kappa shape index (κ3) is 4.29. The Morgan fingerprint density at radius 3 is 2.67 bits per heavy atom. The summed E-state index contributed by atoms with van der Waals surface area (Å²) in [6.07, 6.45) is 2.97. The lowest BCUT2D eigenvalue weighted by Gasteiger charge is -2.34. The molecule has 1 heterocycles. The fraction of sp³-hybridized carbons (Fsp3) is 0.846. The highest BCUT2D eigenvalue weighted by Gasteiger charge is 2.32. The van der Waals surface area contributed by atoms with Crippen molar-refractivity contribution in [3.8, 4) is 0 Å². The van der Waals surface area contributed by atoms with Crippen LogP contribution in [0.1, 0.15) is 39.5 Å². The third-order valence-corrected chi connectivity index (χ3v) is 3.05. The fourth-order valence-electron chi connectivity index (χ4n) is 2.16. The molecule has 1 atom stereocenters. The van der Waals surface area contributed by atoms with Crippen LogP contribution in [0, 0.1) is 0 Å². The Hall–Kier alpha value is -1.10. The van der Waals surface area contributed by atoms with Gasteiger partial charge in [-0.15, -0.1) is 0 Å². The van der Waals surface area contributed by atoms with Crippen molar-refractivity contribution in [1.82, 2.24) is 4.90 Å². The highest BCUT2D eigenvalue weighted by atomic mass is 16.5. The zero-order valence-electron chi connectivity index (χ0n) is 11.3. The first-order valence-corrected chi connectivity index (χ1v) is 6.74. The second-order valence-corrected chi connectivity index (χ2v) is 4.30. The number of amides is 1. The second-order valence-electron chi connectivity index (χ2n) is 4.30. The number of carbonyl (C=O) groups excluding carboxylic acids is 2. The number of nitrogens with zero attached hydrogens (tertiary/aromatic N) is 1. The molecule has 0 bridgehead atoms. The molecule has 0 aromatic carbocycles. The molecular weight excluding hydrogens is 234 g/mol. The van der Waals surface area contributed by atoms with E-state index in [4.69, 9.17) is 9.47 Å². The average Bonchev–Trinajstić information content (AvgIpc) is 2.39. The molecule has 1 aliphatic heterocycles. The third-order valence-electron chi connectivity index (χ3n) is 3.05. The molecule has 104 valence electrons. The van der Waals surface area contributed by atoms with Gasteiger partial charge < -0.3 is 14.4 Å². The van der Waals surface area contributed by atoms with E-state index in [2.05, 4.69) is 0 Å². The Balaban J connectivity index is 2.52. The Bertz CT molecular complexity index is 280. The summed E-state index contributed by atoms with van der Waals surface area (Å²) in [6.45, 7) is 5.70. The minimum Gasteiger partial charge on any atom is -0.464 e. The predicted molar refractivity (Wildman–Crippen MR) is 67.1 cm³/mol. The van der Waals surface area contributed by atoms with E-state index >= 15 is 0 Å². The van der Waals surface area contributed by atoms with Gasteiger partial charge in [0.25, 0.3) is 0 Å². The molecular formula is C13H23NO4. The number of carbonyl (C=O) groups is 2. The molecule has 0 aromatic heterocycles. The van der Waals surface area contributed by atoms with Crippen LogP contribution >= 0.6 is 0 Å². The van der Waals surface area contributed by atoms with E-state index in [9.17, 15) is 9.59 Å². The lowest BCUT2D eigenvalue weighted by Crippen LogP contribution is -2.48. The number of likely N-dealkylation sites (tertiary alicyclic amines) is 1. The molecule has 0 radical (unpaired) electrons. The molecule has 1 unspecified atom stereocenters. The first-order valence-electron chi connectivity index (χ1n) is 6.74. The predicted octanol–water partition coefficient (Wildman–Crippen LogP) is 1.36. The van der Waals surface area contributed by atoms with Crippen LogP contribution in [0.2, 0.25) is 0 Å². The minimum atomic E-state index is -0.396. The molecule has 0 aliphatic carbocycles. The Kier molecular flexibility index (Phi) is 6.72. The number of hydrogen-bond acceptors (Lipinski definition) is 4. The molecule has 0 aromatic rings. The Labute approximate surface area is 108 Å². The summed E-state index contributed by atoms with van der Waals surface area (Å²) < 4.78 is 10.2. The summed E-state index contributed by atoms with van der Waals surface area (Å²) in [5.74, 6) is -0.289. The number of rotatable bonds is 6. The summed E-state index contributed by atoms with van der Waals surface area (Å²) in [4.78, 5) is 25.5. The van der Waals surface area contributed by atoms with Crippen molar-refractivity contribution in [2.45, 2.75) is 45.6 Å². The number of ether oxygens (including phenoxy) is 2. The molecule has 18 heavy (non-hydrogen) atoms. The van der Waals surface area contributed by atoms with Crippen LogP contribution in [0.25, 0.3) is 0 Å².